The van der Waals surface area contributed by atoms with Crippen LogP contribution in [0.1, 0.15) is 25.3 Å². The van der Waals surface area contributed by atoms with Gasteiger partial charge in [-0.2, -0.15) is 4.31 Å². The van der Waals surface area contributed by atoms with Gasteiger partial charge in [-0.1, -0.05) is 0 Å². The average molecular weight is 286 g/mol. The molecular formula is C13H19FN2O2S. The molecule has 1 aromatic rings. The lowest BCUT2D eigenvalue weighted by molar-refractivity contribution is 0.247. The van der Waals surface area contributed by atoms with Crippen LogP contribution in [-0.4, -0.2) is 31.4 Å². The highest BCUT2D eigenvalue weighted by Gasteiger charge is 2.34. The maximum absolute atomic E-state index is 13.1. The van der Waals surface area contributed by atoms with Gasteiger partial charge >= 0.3 is 0 Å². The average Bonchev–Trinajstić information content (AvgIpc) is 2.27. The zero-order valence-electron chi connectivity index (χ0n) is 11.1. The van der Waals surface area contributed by atoms with Gasteiger partial charge in [-0.05, 0) is 50.5 Å². The van der Waals surface area contributed by atoms with E-state index < -0.39 is 15.8 Å². The third-order valence-electron chi connectivity index (χ3n) is 3.58. The number of sulfonamides is 1. The number of nitrogens with two attached hydrogens (primary N) is 1. The molecule has 2 atom stereocenters. The van der Waals surface area contributed by atoms with Gasteiger partial charge in [0.1, 0.15) is 5.82 Å². The van der Waals surface area contributed by atoms with E-state index in [0.29, 0.717) is 24.9 Å². The van der Waals surface area contributed by atoms with Crippen LogP contribution in [0.4, 0.5) is 4.39 Å². The number of hydrogen-bond donors (Lipinski definition) is 1. The second kappa shape index (κ2) is 5.19. The highest BCUT2D eigenvalue weighted by atomic mass is 32.2. The topological polar surface area (TPSA) is 63.4 Å². The Morgan fingerprint density at radius 3 is 2.68 bits per heavy atom. The van der Waals surface area contributed by atoms with Crippen LogP contribution in [0, 0.1) is 12.7 Å². The summed E-state index contributed by atoms with van der Waals surface area (Å²) < 4.78 is 39.7. The Labute approximate surface area is 113 Å². The van der Waals surface area contributed by atoms with Crippen molar-refractivity contribution in [2.75, 3.05) is 6.54 Å². The van der Waals surface area contributed by atoms with Gasteiger partial charge in [0.15, 0.2) is 0 Å². The van der Waals surface area contributed by atoms with Gasteiger partial charge in [0.25, 0.3) is 0 Å². The zero-order chi connectivity index (χ0) is 14.2. The van der Waals surface area contributed by atoms with Gasteiger partial charge in [-0.15, -0.1) is 0 Å². The Balaban J connectivity index is 2.37. The van der Waals surface area contributed by atoms with Crippen molar-refractivity contribution in [3.8, 4) is 0 Å². The molecule has 0 spiro atoms. The van der Waals surface area contributed by atoms with Crippen LogP contribution in [0.5, 0.6) is 0 Å². The molecular weight excluding hydrogens is 267 g/mol. The van der Waals surface area contributed by atoms with Crippen LogP contribution in [0.25, 0.3) is 0 Å². The first kappa shape index (κ1) is 14.4. The van der Waals surface area contributed by atoms with Crippen molar-refractivity contribution in [1.29, 1.82) is 0 Å². The van der Waals surface area contributed by atoms with Crippen LogP contribution in [-0.2, 0) is 10.0 Å². The monoisotopic (exact) mass is 286 g/mol. The molecule has 19 heavy (non-hydrogen) atoms. The summed E-state index contributed by atoms with van der Waals surface area (Å²) in [6, 6.07) is 3.68. The number of piperidine rings is 1. The second-order valence-electron chi connectivity index (χ2n) is 5.16. The summed E-state index contributed by atoms with van der Waals surface area (Å²) >= 11 is 0. The van der Waals surface area contributed by atoms with Gasteiger partial charge in [0.05, 0.1) is 4.90 Å². The van der Waals surface area contributed by atoms with Gasteiger partial charge < -0.3 is 5.73 Å². The minimum Gasteiger partial charge on any atom is -0.328 e. The minimum atomic E-state index is -3.57. The summed E-state index contributed by atoms with van der Waals surface area (Å²) in [6.07, 6.45) is 1.31. The first-order valence-corrected chi connectivity index (χ1v) is 7.80. The van der Waals surface area contributed by atoms with Gasteiger partial charge in [-0.3, -0.25) is 0 Å². The molecule has 1 aromatic carbocycles. The molecule has 0 bridgehead atoms. The lowest BCUT2D eigenvalue weighted by Crippen LogP contribution is -2.48. The summed E-state index contributed by atoms with van der Waals surface area (Å²) in [6.45, 7) is 3.88. The Morgan fingerprint density at radius 1 is 1.42 bits per heavy atom. The van der Waals surface area contributed by atoms with Crippen molar-refractivity contribution in [2.24, 2.45) is 5.73 Å². The molecule has 0 radical (unpaired) electrons. The van der Waals surface area contributed by atoms with E-state index in [2.05, 4.69) is 0 Å². The molecule has 2 rings (SSSR count). The van der Waals surface area contributed by atoms with E-state index >= 15 is 0 Å². The number of nitrogens with zero attached hydrogens (tertiary/aromatic N) is 1. The summed E-state index contributed by atoms with van der Waals surface area (Å²) in [5.74, 6) is -0.426. The lowest BCUT2D eigenvalue weighted by atomic mass is 10.0. The lowest BCUT2D eigenvalue weighted by Gasteiger charge is -2.35. The van der Waals surface area contributed by atoms with Crippen LogP contribution in [0.3, 0.4) is 0 Å². The molecule has 0 amide bonds. The molecule has 1 aliphatic rings. The predicted molar refractivity (Wildman–Crippen MR) is 71.7 cm³/mol. The van der Waals surface area contributed by atoms with E-state index in [-0.39, 0.29) is 17.0 Å². The normalized spacial score (nSPS) is 25.5. The number of rotatable bonds is 2. The molecule has 4 nitrogen and oxygen atoms in total. The molecule has 0 aliphatic carbocycles. The van der Waals surface area contributed by atoms with Gasteiger partial charge in [-0.25, -0.2) is 12.8 Å². The number of benzene rings is 1. The first-order chi connectivity index (χ1) is 8.82. The molecule has 1 aliphatic heterocycles. The quantitative estimate of drug-likeness (QED) is 0.899. The van der Waals surface area contributed by atoms with Gasteiger partial charge in [0.2, 0.25) is 10.0 Å². The molecule has 2 N–H and O–H groups in total. The van der Waals surface area contributed by atoms with E-state index in [1.807, 2.05) is 6.92 Å². The number of aryl methyl sites for hydroxylation is 1. The van der Waals surface area contributed by atoms with Crippen molar-refractivity contribution in [2.45, 2.75) is 43.7 Å². The molecule has 0 unspecified atom stereocenters. The fraction of sp³-hybridized carbons (Fsp3) is 0.538. The molecule has 106 valence electrons. The molecule has 0 aromatic heterocycles. The fourth-order valence-electron chi connectivity index (χ4n) is 2.57. The molecule has 1 fully saturated rings. The second-order valence-corrected chi connectivity index (χ2v) is 7.02. The Hall–Kier alpha value is -0.980. The fourth-order valence-corrected chi connectivity index (χ4v) is 4.44. The number of halogens is 1. The van der Waals surface area contributed by atoms with E-state index in [0.717, 1.165) is 0 Å². The Bertz CT molecular complexity index is 574. The number of hydrogen-bond acceptors (Lipinski definition) is 3. The summed E-state index contributed by atoms with van der Waals surface area (Å²) in [5.41, 5.74) is 6.28. The van der Waals surface area contributed by atoms with Crippen molar-refractivity contribution >= 4 is 10.0 Å². The Kier molecular flexibility index (Phi) is 3.94. The third-order valence-corrected chi connectivity index (χ3v) is 5.75. The molecule has 0 saturated carbocycles. The summed E-state index contributed by atoms with van der Waals surface area (Å²) in [4.78, 5) is 0.177. The van der Waals surface area contributed by atoms with Gasteiger partial charge in [0, 0.05) is 18.6 Å². The third kappa shape index (κ3) is 2.80. The van der Waals surface area contributed by atoms with E-state index in [9.17, 15) is 12.8 Å². The van der Waals surface area contributed by atoms with Crippen molar-refractivity contribution in [3.05, 3.63) is 29.6 Å². The zero-order valence-corrected chi connectivity index (χ0v) is 12.0. The Morgan fingerprint density at radius 2 is 2.11 bits per heavy atom. The maximum atomic E-state index is 13.1. The highest BCUT2D eigenvalue weighted by Crippen LogP contribution is 2.26. The van der Waals surface area contributed by atoms with Crippen LogP contribution in [0.2, 0.25) is 0 Å². The van der Waals surface area contributed by atoms with E-state index in [1.54, 1.807) is 6.92 Å². The van der Waals surface area contributed by atoms with Crippen molar-refractivity contribution in [3.63, 3.8) is 0 Å². The standard InChI is InChI=1S/C13H19FN2O2S/c1-9-7-11(14)3-4-13(9)19(17,18)16-6-5-12(15)8-10(16)2/h3-4,7,10,12H,5-6,8,15H2,1-2H3/t10-,12+/m1/s1. The largest absolute Gasteiger partial charge is 0.328 e. The first-order valence-electron chi connectivity index (χ1n) is 6.36. The molecule has 1 heterocycles. The summed E-state index contributed by atoms with van der Waals surface area (Å²) in [5, 5.41) is 0. The molecule has 1 saturated heterocycles. The van der Waals surface area contributed by atoms with Crippen LogP contribution in [0.15, 0.2) is 23.1 Å². The van der Waals surface area contributed by atoms with Crippen molar-refractivity contribution < 1.29 is 12.8 Å². The van der Waals surface area contributed by atoms with Crippen LogP contribution >= 0.6 is 0 Å². The van der Waals surface area contributed by atoms with E-state index in [1.165, 1.54) is 22.5 Å². The minimum absolute atomic E-state index is 0.0516. The van der Waals surface area contributed by atoms with Crippen LogP contribution < -0.4 is 5.73 Å². The molecule has 6 heteroatoms. The maximum Gasteiger partial charge on any atom is 0.243 e. The predicted octanol–water partition coefficient (Wildman–Crippen LogP) is 1.63. The SMILES string of the molecule is Cc1cc(F)ccc1S(=O)(=O)N1CC[C@H](N)C[C@H]1C. The van der Waals surface area contributed by atoms with E-state index in [4.69, 9.17) is 5.73 Å². The van der Waals surface area contributed by atoms with Crippen molar-refractivity contribution in [1.82, 2.24) is 4.31 Å². The highest BCUT2D eigenvalue weighted by molar-refractivity contribution is 7.89. The smallest absolute Gasteiger partial charge is 0.243 e. The summed E-state index contributed by atoms with van der Waals surface area (Å²) in [7, 11) is -3.57.